The van der Waals surface area contributed by atoms with E-state index in [1.807, 2.05) is 0 Å². The van der Waals surface area contributed by atoms with Crippen LogP contribution in [0.15, 0.2) is 0 Å². The number of alkyl halides is 3. The highest BCUT2D eigenvalue weighted by Crippen LogP contribution is 2.38. The van der Waals surface area contributed by atoms with Crippen LogP contribution in [0.3, 0.4) is 0 Å². The first kappa shape index (κ1) is 17.0. The number of hydrogen-bond acceptors (Lipinski definition) is 3. The van der Waals surface area contributed by atoms with E-state index in [-0.39, 0.29) is 17.7 Å². The summed E-state index contributed by atoms with van der Waals surface area (Å²) in [5, 5.41) is 3.72. The van der Waals surface area contributed by atoms with Crippen molar-refractivity contribution >= 4 is 0 Å². The van der Waals surface area contributed by atoms with Gasteiger partial charge in [-0.1, -0.05) is 26.7 Å². The lowest BCUT2D eigenvalue weighted by molar-refractivity contribution is -0.325. The monoisotopic (exact) mass is 308 g/mol. The highest BCUT2D eigenvalue weighted by Gasteiger charge is 2.46. The SMILES string of the molecule is CCC1(CC)CNC2(CCCC2)CN1CCOC(F)(F)F. The van der Waals surface area contributed by atoms with Gasteiger partial charge in [0.1, 0.15) is 0 Å². The first-order valence-corrected chi connectivity index (χ1v) is 8.05. The van der Waals surface area contributed by atoms with E-state index < -0.39 is 6.36 Å². The molecule has 1 aliphatic heterocycles. The fraction of sp³-hybridized carbons (Fsp3) is 1.00. The number of piperazine rings is 1. The molecular formula is C15H27F3N2O. The van der Waals surface area contributed by atoms with Gasteiger partial charge in [-0.2, -0.15) is 0 Å². The zero-order chi connectivity index (χ0) is 15.6. The zero-order valence-electron chi connectivity index (χ0n) is 13.1. The fourth-order valence-corrected chi connectivity index (χ4v) is 3.97. The van der Waals surface area contributed by atoms with Gasteiger partial charge in [0, 0.05) is 30.7 Å². The Morgan fingerprint density at radius 2 is 1.76 bits per heavy atom. The first-order chi connectivity index (χ1) is 9.85. The Labute approximate surface area is 125 Å². The number of ether oxygens (including phenoxy) is 1. The van der Waals surface area contributed by atoms with Crippen molar-refractivity contribution < 1.29 is 17.9 Å². The second-order valence-corrected chi connectivity index (χ2v) is 6.49. The lowest BCUT2D eigenvalue weighted by Crippen LogP contribution is -2.69. The van der Waals surface area contributed by atoms with Crippen LogP contribution < -0.4 is 5.32 Å². The quantitative estimate of drug-likeness (QED) is 0.843. The predicted octanol–water partition coefficient (Wildman–Crippen LogP) is 3.30. The lowest BCUT2D eigenvalue weighted by Gasteiger charge is -2.53. The van der Waals surface area contributed by atoms with Crippen molar-refractivity contribution in [2.24, 2.45) is 0 Å². The van der Waals surface area contributed by atoms with E-state index in [2.05, 4.69) is 28.8 Å². The summed E-state index contributed by atoms with van der Waals surface area (Å²) in [6.07, 6.45) is 2.05. The van der Waals surface area contributed by atoms with Crippen LogP contribution in [0, 0.1) is 0 Å². The van der Waals surface area contributed by atoms with Crippen LogP contribution in [-0.4, -0.2) is 48.6 Å². The van der Waals surface area contributed by atoms with E-state index in [0.29, 0.717) is 6.54 Å². The van der Waals surface area contributed by atoms with Crippen LogP contribution in [0.2, 0.25) is 0 Å². The summed E-state index contributed by atoms with van der Waals surface area (Å²) in [6, 6.07) is 0. The van der Waals surface area contributed by atoms with Crippen molar-refractivity contribution in [2.75, 3.05) is 26.2 Å². The van der Waals surface area contributed by atoms with Gasteiger partial charge in [0.15, 0.2) is 0 Å². The highest BCUT2D eigenvalue weighted by molar-refractivity contribution is 5.06. The minimum Gasteiger partial charge on any atom is -0.308 e. The molecule has 2 aliphatic rings. The number of nitrogens with one attached hydrogen (secondary N) is 1. The second-order valence-electron chi connectivity index (χ2n) is 6.49. The Morgan fingerprint density at radius 3 is 2.29 bits per heavy atom. The molecule has 1 aliphatic carbocycles. The lowest BCUT2D eigenvalue weighted by atomic mass is 9.82. The van der Waals surface area contributed by atoms with Crippen molar-refractivity contribution in [1.29, 1.82) is 0 Å². The molecule has 1 spiro atoms. The maximum absolute atomic E-state index is 12.2. The summed E-state index contributed by atoms with van der Waals surface area (Å²) in [6.45, 7) is 6.03. The summed E-state index contributed by atoms with van der Waals surface area (Å²) in [4.78, 5) is 2.25. The van der Waals surface area contributed by atoms with Gasteiger partial charge in [-0.3, -0.25) is 9.64 Å². The molecule has 1 saturated carbocycles. The van der Waals surface area contributed by atoms with Crippen molar-refractivity contribution in [2.45, 2.75) is 69.8 Å². The van der Waals surface area contributed by atoms with Crippen LogP contribution in [0.4, 0.5) is 13.2 Å². The molecule has 2 rings (SSSR count). The van der Waals surface area contributed by atoms with Gasteiger partial charge < -0.3 is 5.32 Å². The Morgan fingerprint density at radius 1 is 1.14 bits per heavy atom. The van der Waals surface area contributed by atoms with E-state index in [4.69, 9.17) is 0 Å². The summed E-state index contributed by atoms with van der Waals surface area (Å²) in [5.74, 6) is 0. The highest BCUT2D eigenvalue weighted by atomic mass is 19.4. The molecule has 2 fully saturated rings. The first-order valence-electron chi connectivity index (χ1n) is 8.05. The molecule has 21 heavy (non-hydrogen) atoms. The number of halogens is 3. The molecule has 124 valence electrons. The topological polar surface area (TPSA) is 24.5 Å². The Bertz CT molecular complexity index is 336. The molecule has 0 aromatic carbocycles. The molecule has 0 radical (unpaired) electrons. The van der Waals surface area contributed by atoms with Crippen LogP contribution in [0.5, 0.6) is 0 Å². The van der Waals surface area contributed by atoms with Crippen LogP contribution in [0.25, 0.3) is 0 Å². The smallest absolute Gasteiger partial charge is 0.308 e. The molecule has 0 atom stereocenters. The van der Waals surface area contributed by atoms with E-state index in [1.165, 1.54) is 12.8 Å². The van der Waals surface area contributed by atoms with Gasteiger partial charge >= 0.3 is 6.36 Å². The van der Waals surface area contributed by atoms with Gasteiger partial charge in [0.2, 0.25) is 0 Å². The summed E-state index contributed by atoms with van der Waals surface area (Å²) >= 11 is 0. The fourth-order valence-electron chi connectivity index (χ4n) is 3.97. The standard InChI is InChI=1S/C15H27F3N2O/c1-3-14(4-2)11-19-13(7-5-6-8-13)12-20(14)9-10-21-15(16,17)18/h19H,3-12H2,1-2H3. The number of hydrogen-bond donors (Lipinski definition) is 1. The van der Waals surface area contributed by atoms with E-state index >= 15 is 0 Å². The molecular weight excluding hydrogens is 281 g/mol. The summed E-state index contributed by atoms with van der Waals surface area (Å²) < 4.78 is 40.6. The van der Waals surface area contributed by atoms with E-state index in [9.17, 15) is 13.2 Å². The number of rotatable bonds is 5. The third-order valence-corrected chi connectivity index (χ3v) is 5.46. The largest absolute Gasteiger partial charge is 0.522 e. The molecule has 1 N–H and O–H groups in total. The van der Waals surface area contributed by atoms with Gasteiger partial charge in [-0.05, 0) is 25.7 Å². The Hall–Kier alpha value is -0.330. The van der Waals surface area contributed by atoms with E-state index in [1.54, 1.807) is 0 Å². The van der Waals surface area contributed by atoms with Gasteiger partial charge in [-0.25, -0.2) is 0 Å². The third kappa shape index (κ3) is 3.90. The minimum absolute atomic E-state index is 0.0389. The van der Waals surface area contributed by atoms with Crippen molar-refractivity contribution in [1.82, 2.24) is 10.2 Å². The van der Waals surface area contributed by atoms with Crippen LogP contribution in [0.1, 0.15) is 52.4 Å². The molecule has 0 bridgehead atoms. The molecule has 3 nitrogen and oxygen atoms in total. The molecule has 1 saturated heterocycles. The Balaban J connectivity index is 2.02. The average molecular weight is 308 g/mol. The van der Waals surface area contributed by atoms with Crippen LogP contribution >= 0.6 is 0 Å². The average Bonchev–Trinajstić information content (AvgIpc) is 2.87. The van der Waals surface area contributed by atoms with Crippen LogP contribution in [-0.2, 0) is 4.74 Å². The Kier molecular flexibility index (Phi) is 5.21. The van der Waals surface area contributed by atoms with Gasteiger partial charge in [0.25, 0.3) is 0 Å². The van der Waals surface area contributed by atoms with Crippen molar-refractivity contribution in [3.05, 3.63) is 0 Å². The predicted molar refractivity (Wildman–Crippen MR) is 76.1 cm³/mol. The second kappa shape index (κ2) is 6.42. The van der Waals surface area contributed by atoms with E-state index in [0.717, 1.165) is 38.8 Å². The molecule has 0 aromatic rings. The minimum atomic E-state index is -4.53. The molecule has 0 unspecified atom stereocenters. The summed E-state index contributed by atoms with van der Waals surface area (Å²) in [7, 11) is 0. The summed E-state index contributed by atoms with van der Waals surface area (Å²) in [5.41, 5.74) is 0.0782. The molecule has 6 heteroatoms. The normalized spacial score (nSPS) is 25.6. The third-order valence-electron chi connectivity index (χ3n) is 5.46. The zero-order valence-corrected chi connectivity index (χ0v) is 13.1. The maximum atomic E-state index is 12.2. The van der Waals surface area contributed by atoms with Gasteiger partial charge in [0.05, 0.1) is 6.61 Å². The number of nitrogens with zero attached hydrogens (tertiary/aromatic N) is 1. The van der Waals surface area contributed by atoms with Crippen molar-refractivity contribution in [3.8, 4) is 0 Å². The van der Waals surface area contributed by atoms with Crippen molar-refractivity contribution in [3.63, 3.8) is 0 Å². The molecule has 0 aromatic heterocycles. The molecule has 0 amide bonds. The maximum Gasteiger partial charge on any atom is 0.522 e. The molecule has 1 heterocycles. The van der Waals surface area contributed by atoms with Gasteiger partial charge in [-0.15, -0.1) is 13.2 Å².